The van der Waals surface area contributed by atoms with Gasteiger partial charge in [-0.3, -0.25) is 4.79 Å². The number of aromatic nitrogens is 1. The van der Waals surface area contributed by atoms with E-state index in [4.69, 9.17) is 0 Å². The van der Waals surface area contributed by atoms with Gasteiger partial charge in [0.15, 0.2) is 6.54 Å². The Labute approximate surface area is 159 Å². The molecule has 3 heterocycles. The number of anilines is 1. The fourth-order valence-corrected chi connectivity index (χ4v) is 4.48. The first-order valence-electron chi connectivity index (χ1n) is 9.27. The summed E-state index contributed by atoms with van der Waals surface area (Å²) in [4.78, 5) is 15.3. The Morgan fingerprint density at radius 2 is 2.27 bits per heavy atom. The molecule has 1 amide bonds. The number of nitriles is 1. The maximum absolute atomic E-state index is 12.7. The second kappa shape index (κ2) is 8.07. The van der Waals surface area contributed by atoms with Crippen LogP contribution in [0.15, 0.2) is 17.5 Å². The van der Waals surface area contributed by atoms with Crippen molar-refractivity contribution in [3.63, 3.8) is 0 Å². The number of amides is 1. The molecule has 1 aliphatic rings. The van der Waals surface area contributed by atoms with Gasteiger partial charge in [0.2, 0.25) is 0 Å². The quantitative estimate of drug-likeness (QED) is 0.848. The molecular formula is C20H27N4OS+. The average molecular weight is 372 g/mol. The minimum Gasteiger partial charge on any atom is -0.325 e. The third-order valence-corrected chi connectivity index (χ3v) is 6.42. The molecule has 0 radical (unpaired) electrons. The predicted octanol–water partition coefficient (Wildman–Crippen LogP) is 2.48. The van der Waals surface area contributed by atoms with Gasteiger partial charge in [0.05, 0.1) is 24.7 Å². The molecule has 2 atom stereocenters. The van der Waals surface area contributed by atoms with E-state index in [9.17, 15) is 10.1 Å². The number of likely N-dealkylation sites (tertiary alicyclic amines) is 1. The maximum Gasteiger partial charge on any atom is 0.280 e. The lowest BCUT2D eigenvalue weighted by molar-refractivity contribution is -0.920. The molecule has 0 spiro atoms. The summed E-state index contributed by atoms with van der Waals surface area (Å²) in [6, 6.07) is 6.91. The van der Waals surface area contributed by atoms with Crippen LogP contribution < -0.4 is 10.2 Å². The highest BCUT2D eigenvalue weighted by atomic mass is 32.1. The van der Waals surface area contributed by atoms with Crippen LogP contribution in [0.25, 0.3) is 0 Å². The molecule has 0 bridgehead atoms. The third-order valence-electron chi connectivity index (χ3n) is 5.56. The average Bonchev–Trinajstić information content (AvgIpc) is 3.20. The van der Waals surface area contributed by atoms with E-state index >= 15 is 0 Å². The highest BCUT2D eigenvalue weighted by molar-refractivity contribution is 7.09. The Balaban J connectivity index is 1.82. The van der Waals surface area contributed by atoms with Crippen molar-refractivity contribution in [1.29, 1.82) is 5.26 Å². The number of carbonyl (C=O) groups excluding carboxylic acids is 1. The van der Waals surface area contributed by atoms with Crippen molar-refractivity contribution < 1.29 is 9.69 Å². The summed E-state index contributed by atoms with van der Waals surface area (Å²) in [5.41, 5.74) is 2.55. The standard InChI is InChI=1S/C20H26N4OS/c1-14-7-4-5-9-23(14)13-19(25)22-20-18(11-21)15(2)16(3)24(20)12-17-8-6-10-26-17/h6,8,10,14H,4-5,7,9,12-13H2,1-3H3,(H,22,25)/p+1/t14-/m1/s1. The molecule has 1 fully saturated rings. The predicted molar refractivity (Wildman–Crippen MR) is 105 cm³/mol. The number of thiophene rings is 1. The summed E-state index contributed by atoms with van der Waals surface area (Å²) >= 11 is 1.68. The Hall–Kier alpha value is -2.10. The van der Waals surface area contributed by atoms with Gasteiger partial charge in [0.25, 0.3) is 5.91 Å². The Bertz CT molecular complexity index is 816. The van der Waals surface area contributed by atoms with Crippen LogP contribution in [0.2, 0.25) is 0 Å². The second-order valence-electron chi connectivity index (χ2n) is 7.24. The minimum atomic E-state index is -0.00446. The molecule has 0 aliphatic carbocycles. The molecule has 26 heavy (non-hydrogen) atoms. The summed E-state index contributed by atoms with van der Waals surface area (Å²) in [7, 11) is 0. The lowest BCUT2D eigenvalue weighted by Gasteiger charge is -2.29. The summed E-state index contributed by atoms with van der Waals surface area (Å²) < 4.78 is 2.06. The molecule has 3 rings (SSSR count). The topological polar surface area (TPSA) is 62.3 Å². The minimum absolute atomic E-state index is 0.00446. The van der Waals surface area contributed by atoms with E-state index in [0.29, 0.717) is 30.5 Å². The van der Waals surface area contributed by atoms with Gasteiger partial charge in [-0.15, -0.1) is 11.3 Å². The number of piperidine rings is 1. The first kappa shape index (κ1) is 18.7. The largest absolute Gasteiger partial charge is 0.325 e. The third kappa shape index (κ3) is 3.84. The summed E-state index contributed by atoms with van der Waals surface area (Å²) in [5, 5.41) is 14.7. The molecule has 1 unspecified atom stereocenters. The van der Waals surface area contributed by atoms with Crippen LogP contribution in [0.3, 0.4) is 0 Å². The maximum atomic E-state index is 12.7. The molecule has 5 nitrogen and oxygen atoms in total. The molecule has 6 heteroatoms. The Morgan fingerprint density at radius 1 is 1.46 bits per heavy atom. The highest BCUT2D eigenvalue weighted by Gasteiger charge is 2.26. The summed E-state index contributed by atoms with van der Waals surface area (Å²) in [6.45, 7) is 8.37. The van der Waals surface area contributed by atoms with Gasteiger partial charge in [0.1, 0.15) is 11.9 Å². The second-order valence-corrected chi connectivity index (χ2v) is 8.27. The van der Waals surface area contributed by atoms with E-state index in [1.165, 1.54) is 29.0 Å². The molecule has 1 saturated heterocycles. The SMILES string of the molecule is Cc1c(C#N)c(NC(=O)C[NH+]2CCCC[C@H]2C)n(Cc2cccs2)c1C. The van der Waals surface area contributed by atoms with E-state index in [1.54, 1.807) is 11.3 Å². The molecular weight excluding hydrogens is 344 g/mol. The number of carbonyl (C=O) groups is 1. The summed E-state index contributed by atoms with van der Waals surface area (Å²) in [6.07, 6.45) is 3.62. The fourth-order valence-electron chi connectivity index (χ4n) is 3.78. The molecule has 2 aromatic heterocycles. The molecule has 2 N–H and O–H groups in total. The molecule has 138 valence electrons. The van der Waals surface area contributed by atoms with Crippen molar-refractivity contribution in [2.24, 2.45) is 0 Å². The lowest BCUT2D eigenvalue weighted by Crippen LogP contribution is -3.17. The van der Waals surface area contributed by atoms with Crippen LogP contribution in [0, 0.1) is 25.2 Å². The zero-order valence-corrected chi connectivity index (χ0v) is 16.6. The lowest BCUT2D eigenvalue weighted by atomic mass is 10.0. The van der Waals surface area contributed by atoms with Gasteiger partial charge in [-0.1, -0.05) is 6.07 Å². The normalized spacial score (nSPS) is 19.9. The van der Waals surface area contributed by atoms with Crippen LogP contribution >= 0.6 is 11.3 Å². The van der Waals surface area contributed by atoms with Gasteiger partial charge in [0, 0.05) is 10.6 Å². The van der Waals surface area contributed by atoms with Gasteiger partial charge in [-0.25, -0.2) is 0 Å². The molecule has 0 saturated carbocycles. The van der Waals surface area contributed by atoms with E-state index in [0.717, 1.165) is 17.8 Å². The number of rotatable bonds is 5. The number of nitrogens with one attached hydrogen (secondary N) is 2. The van der Waals surface area contributed by atoms with Crippen LogP contribution in [0.4, 0.5) is 5.82 Å². The van der Waals surface area contributed by atoms with Crippen LogP contribution in [-0.2, 0) is 11.3 Å². The van der Waals surface area contributed by atoms with Crippen molar-refractivity contribution in [2.75, 3.05) is 18.4 Å². The zero-order valence-electron chi connectivity index (χ0n) is 15.8. The van der Waals surface area contributed by atoms with Gasteiger partial charge in [-0.2, -0.15) is 5.26 Å². The van der Waals surface area contributed by atoms with E-state index in [2.05, 4.69) is 28.9 Å². The van der Waals surface area contributed by atoms with Crippen molar-refractivity contribution in [1.82, 2.24) is 4.57 Å². The zero-order chi connectivity index (χ0) is 18.7. The van der Waals surface area contributed by atoms with Gasteiger partial charge in [-0.05, 0) is 57.0 Å². The summed E-state index contributed by atoms with van der Waals surface area (Å²) in [5.74, 6) is 0.639. The Kier molecular flexibility index (Phi) is 5.80. The van der Waals surface area contributed by atoms with Crippen molar-refractivity contribution >= 4 is 23.1 Å². The van der Waals surface area contributed by atoms with E-state index < -0.39 is 0 Å². The van der Waals surface area contributed by atoms with Crippen molar-refractivity contribution in [3.05, 3.63) is 39.2 Å². The number of nitrogens with zero attached hydrogens (tertiary/aromatic N) is 2. The van der Waals surface area contributed by atoms with E-state index in [1.807, 2.05) is 25.3 Å². The fraction of sp³-hybridized carbons (Fsp3) is 0.500. The van der Waals surface area contributed by atoms with Crippen molar-refractivity contribution in [3.8, 4) is 6.07 Å². The van der Waals surface area contributed by atoms with Crippen LogP contribution in [0.5, 0.6) is 0 Å². The number of hydrogen-bond acceptors (Lipinski definition) is 3. The first-order chi connectivity index (χ1) is 12.5. The van der Waals surface area contributed by atoms with Crippen molar-refractivity contribution in [2.45, 2.75) is 52.6 Å². The monoisotopic (exact) mass is 371 g/mol. The van der Waals surface area contributed by atoms with Gasteiger partial charge < -0.3 is 14.8 Å². The number of quaternary nitrogens is 1. The molecule has 2 aromatic rings. The van der Waals surface area contributed by atoms with Crippen LogP contribution in [-0.4, -0.2) is 29.6 Å². The van der Waals surface area contributed by atoms with E-state index in [-0.39, 0.29) is 5.91 Å². The molecule has 0 aromatic carbocycles. The smallest absolute Gasteiger partial charge is 0.280 e. The van der Waals surface area contributed by atoms with Crippen LogP contribution in [0.1, 0.15) is 47.9 Å². The number of hydrogen-bond donors (Lipinski definition) is 2. The molecule has 1 aliphatic heterocycles. The highest BCUT2D eigenvalue weighted by Crippen LogP contribution is 2.28. The first-order valence-corrected chi connectivity index (χ1v) is 10.2. The van der Waals surface area contributed by atoms with Gasteiger partial charge >= 0.3 is 0 Å². The Morgan fingerprint density at radius 3 is 2.92 bits per heavy atom.